The summed E-state index contributed by atoms with van der Waals surface area (Å²) in [5.41, 5.74) is 4.61. The molecule has 124 valence electrons. The van der Waals surface area contributed by atoms with E-state index in [1.165, 1.54) is 28.5 Å². The van der Waals surface area contributed by atoms with Crippen LogP contribution in [0.4, 0.5) is 0 Å². The highest BCUT2D eigenvalue weighted by Crippen LogP contribution is 2.25. The van der Waals surface area contributed by atoms with Crippen molar-refractivity contribution < 1.29 is 9.15 Å². The third kappa shape index (κ3) is 4.17. The van der Waals surface area contributed by atoms with E-state index in [1.807, 2.05) is 37.3 Å². The lowest BCUT2D eigenvalue weighted by Gasteiger charge is -2.05. The van der Waals surface area contributed by atoms with E-state index in [0.717, 1.165) is 17.1 Å². The van der Waals surface area contributed by atoms with E-state index < -0.39 is 0 Å². The van der Waals surface area contributed by atoms with Gasteiger partial charge in [0.25, 0.3) is 5.22 Å². The molecule has 1 heterocycles. The van der Waals surface area contributed by atoms with Crippen LogP contribution in [-0.2, 0) is 0 Å². The minimum Gasteiger partial charge on any atom is -0.493 e. The third-order valence-electron chi connectivity index (χ3n) is 3.73. The highest BCUT2D eigenvalue weighted by atomic mass is 32.2. The molecular formula is C19H20N2O2S. The van der Waals surface area contributed by atoms with Crippen LogP contribution in [-0.4, -0.2) is 22.6 Å². The van der Waals surface area contributed by atoms with Crippen LogP contribution in [0.15, 0.2) is 52.1 Å². The van der Waals surface area contributed by atoms with Gasteiger partial charge in [-0.1, -0.05) is 30.0 Å². The van der Waals surface area contributed by atoms with Crippen molar-refractivity contribution in [2.24, 2.45) is 0 Å². The van der Waals surface area contributed by atoms with Gasteiger partial charge in [0.2, 0.25) is 5.89 Å². The first-order valence-corrected chi connectivity index (χ1v) is 8.84. The highest BCUT2D eigenvalue weighted by molar-refractivity contribution is 7.99. The van der Waals surface area contributed by atoms with Crippen LogP contribution in [0.3, 0.4) is 0 Å². The first kappa shape index (κ1) is 16.6. The largest absolute Gasteiger partial charge is 0.493 e. The number of aryl methyl sites for hydroxylation is 3. The Balaban J connectivity index is 1.53. The second-order valence-corrected chi connectivity index (χ2v) is 6.73. The monoisotopic (exact) mass is 340 g/mol. The lowest BCUT2D eigenvalue weighted by atomic mass is 10.1. The van der Waals surface area contributed by atoms with Crippen molar-refractivity contribution in [3.63, 3.8) is 0 Å². The van der Waals surface area contributed by atoms with Crippen molar-refractivity contribution in [3.05, 3.63) is 59.2 Å². The molecule has 0 bridgehead atoms. The lowest BCUT2D eigenvalue weighted by Crippen LogP contribution is -2.00. The van der Waals surface area contributed by atoms with Crippen molar-refractivity contribution in [1.29, 1.82) is 0 Å². The molecular weight excluding hydrogens is 320 g/mol. The molecule has 0 radical (unpaired) electrons. The zero-order chi connectivity index (χ0) is 16.9. The summed E-state index contributed by atoms with van der Waals surface area (Å²) in [4.78, 5) is 0. The molecule has 0 aliphatic rings. The maximum Gasteiger partial charge on any atom is 0.276 e. The van der Waals surface area contributed by atoms with Gasteiger partial charge < -0.3 is 9.15 Å². The lowest BCUT2D eigenvalue weighted by molar-refractivity contribution is 0.343. The molecule has 0 atom stereocenters. The number of nitrogens with zero attached hydrogens (tertiary/aromatic N) is 2. The highest BCUT2D eigenvalue weighted by Gasteiger charge is 2.09. The molecule has 4 nitrogen and oxygen atoms in total. The van der Waals surface area contributed by atoms with Gasteiger partial charge >= 0.3 is 0 Å². The van der Waals surface area contributed by atoms with Gasteiger partial charge in [-0.2, -0.15) is 0 Å². The summed E-state index contributed by atoms with van der Waals surface area (Å²) < 4.78 is 11.4. The molecule has 0 aliphatic carbocycles. The zero-order valence-electron chi connectivity index (χ0n) is 14.1. The molecule has 0 N–H and O–H groups in total. The zero-order valence-corrected chi connectivity index (χ0v) is 14.9. The summed E-state index contributed by atoms with van der Waals surface area (Å²) in [5.74, 6) is 2.19. The quantitative estimate of drug-likeness (QED) is 0.475. The smallest absolute Gasteiger partial charge is 0.276 e. The van der Waals surface area contributed by atoms with Gasteiger partial charge in [-0.3, -0.25) is 0 Å². The molecule has 3 rings (SSSR count). The minimum atomic E-state index is 0.556. The van der Waals surface area contributed by atoms with Gasteiger partial charge in [0.1, 0.15) is 5.75 Å². The number of hydrogen-bond donors (Lipinski definition) is 0. The Morgan fingerprint density at radius 2 is 1.88 bits per heavy atom. The van der Waals surface area contributed by atoms with Gasteiger partial charge in [0.05, 0.1) is 6.61 Å². The molecule has 0 aliphatic heterocycles. The number of hydrogen-bond acceptors (Lipinski definition) is 5. The van der Waals surface area contributed by atoms with Crippen molar-refractivity contribution in [3.8, 4) is 17.2 Å². The molecule has 0 saturated carbocycles. The van der Waals surface area contributed by atoms with Gasteiger partial charge in [0, 0.05) is 11.3 Å². The summed E-state index contributed by atoms with van der Waals surface area (Å²) in [6.45, 7) is 6.81. The molecule has 5 heteroatoms. The fourth-order valence-electron chi connectivity index (χ4n) is 2.25. The maximum atomic E-state index is 5.72. The van der Waals surface area contributed by atoms with Gasteiger partial charge in [-0.15, -0.1) is 10.2 Å². The Hall–Kier alpha value is -2.27. The molecule has 0 spiro atoms. The summed E-state index contributed by atoms with van der Waals surface area (Å²) in [7, 11) is 0. The average molecular weight is 340 g/mol. The molecule has 24 heavy (non-hydrogen) atoms. The third-order valence-corrected chi connectivity index (χ3v) is 4.51. The first-order valence-electron chi connectivity index (χ1n) is 7.85. The van der Waals surface area contributed by atoms with E-state index in [2.05, 4.69) is 36.2 Å². The van der Waals surface area contributed by atoms with E-state index in [1.54, 1.807) is 0 Å². The SMILES string of the molecule is Cc1cccc(OCCSc2nnc(-c3ccc(C)c(C)c3)o2)c1. The fourth-order valence-corrected chi connectivity index (χ4v) is 2.83. The van der Waals surface area contributed by atoms with Crippen LogP contribution >= 0.6 is 11.8 Å². The summed E-state index contributed by atoms with van der Waals surface area (Å²) in [5, 5.41) is 8.79. The van der Waals surface area contributed by atoms with E-state index >= 15 is 0 Å². The molecule has 2 aromatic carbocycles. The van der Waals surface area contributed by atoms with E-state index in [-0.39, 0.29) is 0 Å². The normalized spacial score (nSPS) is 10.8. The Kier molecular flexibility index (Phi) is 5.20. The van der Waals surface area contributed by atoms with Crippen LogP contribution in [0.1, 0.15) is 16.7 Å². The number of ether oxygens (including phenoxy) is 1. The minimum absolute atomic E-state index is 0.556. The summed E-state index contributed by atoms with van der Waals surface area (Å²) in [6.07, 6.45) is 0. The van der Waals surface area contributed by atoms with Gasteiger partial charge in [-0.25, -0.2) is 0 Å². The van der Waals surface area contributed by atoms with E-state index in [4.69, 9.17) is 9.15 Å². The number of thioether (sulfide) groups is 1. The maximum absolute atomic E-state index is 5.72. The van der Waals surface area contributed by atoms with Crippen LogP contribution in [0.5, 0.6) is 5.75 Å². The molecule has 0 fully saturated rings. The topological polar surface area (TPSA) is 48.2 Å². The fraction of sp³-hybridized carbons (Fsp3) is 0.263. The van der Waals surface area contributed by atoms with Crippen molar-refractivity contribution in [2.45, 2.75) is 26.0 Å². The average Bonchev–Trinajstić information content (AvgIpc) is 3.03. The van der Waals surface area contributed by atoms with E-state index in [9.17, 15) is 0 Å². The van der Waals surface area contributed by atoms with E-state index in [0.29, 0.717) is 17.7 Å². The molecule has 3 aromatic rings. The van der Waals surface area contributed by atoms with Gasteiger partial charge in [0.15, 0.2) is 0 Å². The Morgan fingerprint density at radius 1 is 1.00 bits per heavy atom. The standard InChI is InChI=1S/C19H20N2O2S/c1-13-5-4-6-17(11-13)22-9-10-24-19-21-20-18(23-19)16-8-7-14(2)15(3)12-16/h4-8,11-12H,9-10H2,1-3H3. The van der Waals surface area contributed by atoms with Crippen LogP contribution in [0.25, 0.3) is 11.5 Å². The Morgan fingerprint density at radius 3 is 2.67 bits per heavy atom. The second-order valence-electron chi connectivity index (χ2n) is 5.69. The first-order chi connectivity index (χ1) is 11.6. The number of aromatic nitrogens is 2. The molecule has 1 aromatic heterocycles. The molecule has 0 saturated heterocycles. The second kappa shape index (κ2) is 7.53. The number of benzene rings is 2. The van der Waals surface area contributed by atoms with Crippen molar-refractivity contribution in [1.82, 2.24) is 10.2 Å². The van der Waals surface area contributed by atoms with Crippen molar-refractivity contribution in [2.75, 3.05) is 12.4 Å². The Labute approximate surface area is 146 Å². The van der Waals surface area contributed by atoms with Crippen LogP contribution in [0.2, 0.25) is 0 Å². The van der Waals surface area contributed by atoms with Crippen LogP contribution in [0, 0.1) is 20.8 Å². The predicted molar refractivity (Wildman–Crippen MR) is 96.6 cm³/mol. The predicted octanol–water partition coefficient (Wildman–Crippen LogP) is 4.83. The molecule has 0 unspecified atom stereocenters. The van der Waals surface area contributed by atoms with Gasteiger partial charge in [-0.05, 0) is 61.7 Å². The summed E-state index contributed by atoms with van der Waals surface area (Å²) in [6, 6.07) is 14.2. The molecule has 0 amide bonds. The Bertz CT molecular complexity index is 830. The van der Waals surface area contributed by atoms with Crippen LogP contribution < -0.4 is 4.74 Å². The summed E-state index contributed by atoms with van der Waals surface area (Å²) >= 11 is 1.50. The van der Waals surface area contributed by atoms with Crippen molar-refractivity contribution >= 4 is 11.8 Å². The number of rotatable bonds is 6.